The number of benzene rings is 1. The van der Waals surface area contributed by atoms with E-state index in [2.05, 4.69) is 38.7 Å². The second-order valence-electron chi connectivity index (χ2n) is 6.89. The minimum absolute atomic E-state index is 0.284. The molecule has 0 aliphatic heterocycles. The minimum atomic E-state index is 0.284. The van der Waals surface area contributed by atoms with E-state index in [4.69, 9.17) is 0 Å². The third kappa shape index (κ3) is 3.63. The third-order valence-electron chi connectivity index (χ3n) is 4.74. The summed E-state index contributed by atoms with van der Waals surface area (Å²) in [7, 11) is 0. The van der Waals surface area contributed by atoms with Crippen LogP contribution in [0.2, 0.25) is 0 Å². The van der Waals surface area contributed by atoms with Gasteiger partial charge >= 0.3 is 0 Å². The lowest BCUT2D eigenvalue weighted by molar-refractivity contribution is -0.133. The molecule has 0 bridgehead atoms. The van der Waals surface area contributed by atoms with E-state index >= 15 is 0 Å². The van der Waals surface area contributed by atoms with E-state index in [0.29, 0.717) is 12.5 Å². The highest BCUT2D eigenvalue weighted by Crippen LogP contribution is 2.35. The molecule has 4 rings (SSSR count). The first-order valence-electron chi connectivity index (χ1n) is 8.62. The molecule has 0 N–H and O–H groups in total. The van der Waals surface area contributed by atoms with E-state index in [-0.39, 0.29) is 5.92 Å². The van der Waals surface area contributed by atoms with Crippen LogP contribution >= 0.6 is 0 Å². The van der Waals surface area contributed by atoms with Crippen molar-refractivity contribution in [3.8, 4) is 0 Å². The lowest BCUT2D eigenvalue weighted by Gasteiger charge is -2.23. The molecule has 4 nitrogen and oxygen atoms in total. The number of hydrogen-bond acceptors (Lipinski definition) is 2. The van der Waals surface area contributed by atoms with Gasteiger partial charge in [-0.25, -0.2) is 4.98 Å². The molecule has 0 radical (unpaired) electrons. The number of amides is 1. The van der Waals surface area contributed by atoms with Crippen LogP contribution in [0.4, 0.5) is 0 Å². The van der Waals surface area contributed by atoms with Gasteiger partial charge in [0.05, 0.1) is 6.54 Å². The zero-order valence-electron chi connectivity index (χ0n) is 13.4. The minimum Gasteiger partial charge on any atom is -0.335 e. The maximum absolute atomic E-state index is 12.6. The number of imidazole rings is 1. The topological polar surface area (TPSA) is 38.1 Å². The number of nitrogens with zero attached hydrogens (tertiary/aromatic N) is 3. The molecule has 0 saturated heterocycles. The molecule has 2 aliphatic carbocycles. The number of carbonyl (C=O) groups excluding carboxylic acids is 1. The molecular weight excluding hydrogens is 286 g/mol. The summed E-state index contributed by atoms with van der Waals surface area (Å²) in [6, 6.07) is 10.4. The first-order valence-corrected chi connectivity index (χ1v) is 8.62. The van der Waals surface area contributed by atoms with E-state index in [1.807, 2.05) is 18.5 Å². The van der Waals surface area contributed by atoms with Crippen molar-refractivity contribution < 1.29 is 4.79 Å². The fraction of sp³-hybridized carbons (Fsp3) is 0.474. The molecule has 0 atom stereocenters. The Morgan fingerprint density at radius 2 is 1.96 bits per heavy atom. The van der Waals surface area contributed by atoms with Crippen LogP contribution in [0.15, 0.2) is 42.7 Å². The van der Waals surface area contributed by atoms with Gasteiger partial charge in [-0.05, 0) is 37.2 Å². The monoisotopic (exact) mass is 309 g/mol. The Bertz CT molecular complexity index is 671. The van der Waals surface area contributed by atoms with Crippen molar-refractivity contribution in [3.63, 3.8) is 0 Å². The standard InChI is InChI=1S/C19H23N3O/c23-19(17-8-9-17)22(13-16-6-7-16)14-18-20-10-11-21(18)12-15-4-2-1-3-5-15/h1-5,10-11,16-17H,6-9,12-14H2. The molecule has 23 heavy (non-hydrogen) atoms. The van der Waals surface area contributed by atoms with Gasteiger partial charge in [-0.15, -0.1) is 0 Å². The summed E-state index contributed by atoms with van der Waals surface area (Å²) in [6.45, 7) is 2.37. The van der Waals surface area contributed by atoms with Gasteiger partial charge in [0.2, 0.25) is 5.91 Å². The van der Waals surface area contributed by atoms with Gasteiger partial charge in [0.25, 0.3) is 0 Å². The van der Waals surface area contributed by atoms with Gasteiger partial charge < -0.3 is 9.47 Å². The molecule has 1 aromatic heterocycles. The van der Waals surface area contributed by atoms with Crippen LogP contribution in [0.25, 0.3) is 0 Å². The van der Waals surface area contributed by atoms with Gasteiger partial charge in [0, 0.05) is 31.4 Å². The molecule has 0 unspecified atom stereocenters. The lowest BCUT2D eigenvalue weighted by atomic mass is 10.2. The smallest absolute Gasteiger partial charge is 0.226 e. The van der Waals surface area contributed by atoms with Gasteiger partial charge in [-0.3, -0.25) is 4.79 Å². The van der Waals surface area contributed by atoms with Gasteiger partial charge in [0.15, 0.2) is 0 Å². The predicted molar refractivity (Wildman–Crippen MR) is 88.6 cm³/mol. The maximum Gasteiger partial charge on any atom is 0.226 e. The lowest BCUT2D eigenvalue weighted by Crippen LogP contribution is -2.34. The summed E-state index contributed by atoms with van der Waals surface area (Å²) < 4.78 is 2.16. The van der Waals surface area contributed by atoms with Crippen LogP contribution < -0.4 is 0 Å². The van der Waals surface area contributed by atoms with E-state index in [1.54, 1.807) is 0 Å². The van der Waals surface area contributed by atoms with Gasteiger partial charge in [-0.2, -0.15) is 0 Å². The molecule has 0 spiro atoms. The average molecular weight is 309 g/mol. The van der Waals surface area contributed by atoms with Crippen LogP contribution in [-0.4, -0.2) is 26.9 Å². The van der Waals surface area contributed by atoms with E-state index in [9.17, 15) is 4.79 Å². The Morgan fingerprint density at radius 1 is 1.17 bits per heavy atom. The second kappa shape index (κ2) is 6.19. The van der Waals surface area contributed by atoms with Gasteiger partial charge in [-0.1, -0.05) is 30.3 Å². The number of aromatic nitrogens is 2. The third-order valence-corrected chi connectivity index (χ3v) is 4.74. The number of hydrogen-bond donors (Lipinski definition) is 0. The van der Waals surface area contributed by atoms with Crippen LogP contribution in [0.3, 0.4) is 0 Å². The first kappa shape index (κ1) is 14.5. The van der Waals surface area contributed by atoms with E-state index in [0.717, 1.165) is 37.7 Å². The normalized spacial score (nSPS) is 17.2. The Hall–Kier alpha value is -2.10. The number of rotatable bonds is 7. The average Bonchev–Trinajstić information content (AvgIpc) is 3.48. The second-order valence-corrected chi connectivity index (χ2v) is 6.89. The van der Waals surface area contributed by atoms with Crippen molar-refractivity contribution in [1.82, 2.24) is 14.5 Å². The zero-order valence-corrected chi connectivity index (χ0v) is 13.4. The maximum atomic E-state index is 12.6. The molecule has 1 heterocycles. The van der Waals surface area contributed by atoms with Crippen LogP contribution in [-0.2, 0) is 17.9 Å². The SMILES string of the molecule is O=C(C1CC1)N(Cc1nccn1Cc1ccccc1)CC1CC1. The Morgan fingerprint density at radius 3 is 2.65 bits per heavy atom. The van der Waals surface area contributed by atoms with Crippen molar-refractivity contribution in [2.24, 2.45) is 11.8 Å². The van der Waals surface area contributed by atoms with Crippen molar-refractivity contribution in [3.05, 3.63) is 54.1 Å². The molecule has 120 valence electrons. The molecule has 4 heteroatoms. The molecular formula is C19H23N3O. The molecule has 1 aromatic carbocycles. The first-order chi connectivity index (χ1) is 11.3. The van der Waals surface area contributed by atoms with E-state index < -0.39 is 0 Å². The zero-order chi connectivity index (χ0) is 15.6. The highest BCUT2D eigenvalue weighted by atomic mass is 16.2. The number of carbonyl (C=O) groups is 1. The Kier molecular flexibility index (Phi) is 3.90. The molecule has 2 aromatic rings. The van der Waals surface area contributed by atoms with Crippen LogP contribution in [0, 0.1) is 11.8 Å². The van der Waals surface area contributed by atoms with Crippen molar-refractivity contribution in [2.45, 2.75) is 38.8 Å². The van der Waals surface area contributed by atoms with Crippen molar-refractivity contribution in [2.75, 3.05) is 6.54 Å². The van der Waals surface area contributed by atoms with Crippen molar-refractivity contribution >= 4 is 5.91 Å². The Balaban J connectivity index is 1.48. The largest absolute Gasteiger partial charge is 0.335 e. The quantitative estimate of drug-likeness (QED) is 0.788. The predicted octanol–water partition coefficient (Wildman–Crippen LogP) is 3.08. The highest BCUT2D eigenvalue weighted by Gasteiger charge is 2.36. The van der Waals surface area contributed by atoms with Crippen LogP contribution in [0.5, 0.6) is 0 Å². The molecule has 2 aliphatic rings. The summed E-state index contributed by atoms with van der Waals surface area (Å²) in [5.74, 6) is 2.33. The summed E-state index contributed by atoms with van der Waals surface area (Å²) in [5, 5.41) is 0. The Labute approximate surface area is 137 Å². The summed E-state index contributed by atoms with van der Waals surface area (Å²) >= 11 is 0. The molecule has 2 saturated carbocycles. The molecule has 2 fully saturated rings. The summed E-state index contributed by atoms with van der Waals surface area (Å²) in [6.07, 6.45) is 8.53. The fourth-order valence-corrected chi connectivity index (χ4v) is 3.02. The highest BCUT2D eigenvalue weighted by molar-refractivity contribution is 5.81. The van der Waals surface area contributed by atoms with Crippen LogP contribution in [0.1, 0.15) is 37.1 Å². The van der Waals surface area contributed by atoms with Gasteiger partial charge in [0.1, 0.15) is 5.82 Å². The van der Waals surface area contributed by atoms with E-state index in [1.165, 1.54) is 18.4 Å². The fourth-order valence-electron chi connectivity index (χ4n) is 3.02. The molecule has 1 amide bonds. The van der Waals surface area contributed by atoms with Crippen molar-refractivity contribution in [1.29, 1.82) is 0 Å². The summed E-state index contributed by atoms with van der Waals surface area (Å²) in [4.78, 5) is 19.1. The summed E-state index contributed by atoms with van der Waals surface area (Å²) in [5.41, 5.74) is 1.26.